The third kappa shape index (κ3) is 5.91. The van der Waals surface area contributed by atoms with Crippen LogP contribution in [-0.4, -0.2) is 44.3 Å². The summed E-state index contributed by atoms with van der Waals surface area (Å²) in [4.78, 5) is 43.4. The number of aromatic carboxylic acids is 4. The van der Waals surface area contributed by atoms with Crippen LogP contribution < -0.4 is 0 Å². The van der Waals surface area contributed by atoms with Crippen LogP contribution in [0.3, 0.4) is 0 Å². The highest BCUT2D eigenvalue weighted by Crippen LogP contribution is 2.23. The van der Waals surface area contributed by atoms with Crippen molar-refractivity contribution in [2.45, 2.75) is 39.5 Å². The molecule has 0 radical (unpaired) electrons. The Bertz CT molecular complexity index is 961. The fraction of sp³-hybridized carbons (Fsp3) is 0.273. The van der Waals surface area contributed by atoms with Gasteiger partial charge >= 0.3 is 23.9 Å². The van der Waals surface area contributed by atoms with Gasteiger partial charge in [-0.1, -0.05) is 45.9 Å². The Hall–Kier alpha value is -3.68. The van der Waals surface area contributed by atoms with Crippen molar-refractivity contribution in [1.82, 2.24) is 0 Å². The lowest BCUT2D eigenvalue weighted by molar-refractivity contribution is 0.0650. The average Bonchev–Trinajstić information content (AvgIpc) is 2.66. The molecule has 8 nitrogen and oxygen atoms in total. The van der Waals surface area contributed by atoms with Gasteiger partial charge in [-0.05, 0) is 41.2 Å². The summed E-state index contributed by atoms with van der Waals surface area (Å²) in [7, 11) is 0. The van der Waals surface area contributed by atoms with Crippen LogP contribution in [0.1, 0.15) is 92.1 Å². The molecule has 4 N–H and O–H groups in total. The topological polar surface area (TPSA) is 149 Å². The van der Waals surface area contributed by atoms with Crippen molar-refractivity contribution >= 4 is 23.9 Å². The highest BCUT2D eigenvalue weighted by molar-refractivity contribution is 6.03. The van der Waals surface area contributed by atoms with Gasteiger partial charge in [-0.15, -0.1) is 0 Å². The second kappa shape index (κ2) is 10.2. The predicted molar refractivity (Wildman–Crippen MR) is 109 cm³/mol. The Labute approximate surface area is 173 Å². The summed E-state index contributed by atoms with van der Waals surface area (Å²) in [5.74, 6) is -4.69. The predicted octanol–water partition coefficient (Wildman–Crippen LogP) is 4.41. The van der Waals surface area contributed by atoms with Crippen LogP contribution in [0.25, 0.3) is 0 Å². The number of carboxylic acid groups (broad SMARTS) is 4. The highest BCUT2D eigenvalue weighted by atomic mass is 16.4. The zero-order valence-electron chi connectivity index (χ0n) is 17.0. The van der Waals surface area contributed by atoms with E-state index in [1.807, 2.05) is 27.7 Å². The molecule has 0 spiro atoms. The van der Waals surface area contributed by atoms with Gasteiger partial charge in [0.2, 0.25) is 0 Å². The van der Waals surface area contributed by atoms with Crippen molar-refractivity contribution in [2.75, 3.05) is 0 Å². The second-order valence-corrected chi connectivity index (χ2v) is 7.10. The largest absolute Gasteiger partial charge is 0.478 e. The minimum Gasteiger partial charge on any atom is -0.478 e. The van der Waals surface area contributed by atoms with Gasteiger partial charge in [0.1, 0.15) is 0 Å². The molecule has 8 heteroatoms. The highest BCUT2D eigenvalue weighted by Gasteiger charge is 2.21. The smallest absolute Gasteiger partial charge is 0.336 e. The Morgan fingerprint density at radius 2 is 1.17 bits per heavy atom. The normalized spacial score (nSPS) is 10.3. The van der Waals surface area contributed by atoms with E-state index in [-0.39, 0.29) is 34.1 Å². The van der Waals surface area contributed by atoms with E-state index in [1.165, 1.54) is 18.2 Å². The lowest BCUT2D eigenvalue weighted by atomic mass is 9.93. The number of carboxylic acids is 4. The van der Waals surface area contributed by atoms with Gasteiger partial charge in [-0.25, -0.2) is 19.2 Å². The van der Waals surface area contributed by atoms with Crippen molar-refractivity contribution in [3.05, 3.63) is 69.8 Å². The quantitative estimate of drug-likeness (QED) is 0.541. The summed E-state index contributed by atoms with van der Waals surface area (Å²) in [6, 6.07) is 8.89. The molecule has 2 aromatic rings. The van der Waals surface area contributed by atoms with Gasteiger partial charge in [0.05, 0.1) is 22.3 Å². The fourth-order valence-corrected chi connectivity index (χ4v) is 2.75. The molecule has 2 aromatic carbocycles. The molecule has 2 rings (SSSR count). The van der Waals surface area contributed by atoms with Gasteiger partial charge in [0.15, 0.2) is 0 Å². The molecule has 0 saturated carbocycles. The SMILES string of the molecule is CC(C)c1ccc(C(=O)O)c(C(=O)O)c1.CC(C)c1cccc(C(=O)O)c1C(=O)O. The van der Waals surface area contributed by atoms with E-state index in [4.69, 9.17) is 20.4 Å². The van der Waals surface area contributed by atoms with E-state index in [9.17, 15) is 19.2 Å². The maximum Gasteiger partial charge on any atom is 0.336 e. The molecule has 0 amide bonds. The number of rotatable bonds is 6. The third-order valence-corrected chi connectivity index (χ3v) is 4.33. The van der Waals surface area contributed by atoms with E-state index < -0.39 is 23.9 Å². The Morgan fingerprint density at radius 3 is 1.57 bits per heavy atom. The molecular weight excluding hydrogens is 392 g/mol. The molecule has 0 aromatic heterocycles. The Morgan fingerprint density at radius 1 is 0.633 bits per heavy atom. The van der Waals surface area contributed by atoms with E-state index in [0.717, 1.165) is 5.56 Å². The zero-order chi connectivity index (χ0) is 23.2. The van der Waals surface area contributed by atoms with E-state index in [0.29, 0.717) is 5.56 Å². The van der Waals surface area contributed by atoms with Crippen molar-refractivity contribution < 1.29 is 39.6 Å². The Kier molecular flexibility index (Phi) is 8.28. The molecular formula is C22H24O8. The summed E-state index contributed by atoms with van der Waals surface area (Å²) in [5, 5.41) is 35.5. The van der Waals surface area contributed by atoms with Crippen molar-refractivity contribution in [3.63, 3.8) is 0 Å². The molecule has 0 fully saturated rings. The van der Waals surface area contributed by atoms with Crippen molar-refractivity contribution in [2.24, 2.45) is 0 Å². The standard InChI is InChI=1S/2C11H12O4/c1-6(2)7-3-4-8(10(12)13)9(5-7)11(14)15;1-6(2)7-4-3-5-8(10(12)13)9(7)11(14)15/h2*3-6H,1-2H3,(H,12,13)(H,14,15). The molecule has 0 atom stereocenters. The van der Waals surface area contributed by atoms with Gasteiger partial charge in [0, 0.05) is 0 Å². The molecule has 0 aliphatic rings. The summed E-state index contributed by atoms with van der Waals surface area (Å²) >= 11 is 0. The zero-order valence-corrected chi connectivity index (χ0v) is 17.0. The average molecular weight is 416 g/mol. The number of hydrogen-bond acceptors (Lipinski definition) is 4. The van der Waals surface area contributed by atoms with E-state index in [2.05, 4.69) is 0 Å². The van der Waals surface area contributed by atoms with Crippen molar-refractivity contribution in [1.29, 1.82) is 0 Å². The molecule has 0 aliphatic carbocycles. The van der Waals surface area contributed by atoms with Gasteiger partial charge in [0.25, 0.3) is 0 Å². The summed E-state index contributed by atoms with van der Waals surface area (Å²) in [5.41, 5.74) is 0.758. The first-order chi connectivity index (χ1) is 13.9. The molecule has 30 heavy (non-hydrogen) atoms. The fourth-order valence-electron chi connectivity index (χ4n) is 2.75. The van der Waals surface area contributed by atoms with Crippen LogP contribution in [0.15, 0.2) is 36.4 Å². The van der Waals surface area contributed by atoms with Gasteiger partial charge in [-0.2, -0.15) is 0 Å². The molecule has 0 aliphatic heterocycles. The Balaban J connectivity index is 0.000000300. The summed E-state index contributed by atoms with van der Waals surface area (Å²) in [6.45, 7) is 7.49. The summed E-state index contributed by atoms with van der Waals surface area (Å²) < 4.78 is 0. The molecule has 0 unspecified atom stereocenters. The van der Waals surface area contributed by atoms with Crippen molar-refractivity contribution in [3.8, 4) is 0 Å². The number of carbonyl (C=O) groups is 4. The first-order valence-corrected chi connectivity index (χ1v) is 9.08. The number of benzene rings is 2. The van der Waals surface area contributed by atoms with Crippen LogP contribution in [0, 0.1) is 0 Å². The van der Waals surface area contributed by atoms with Crippen LogP contribution >= 0.6 is 0 Å². The van der Waals surface area contributed by atoms with E-state index >= 15 is 0 Å². The van der Waals surface area contributed by atoms with Crippen LogP contribution in [0.2, 0.25) is 0 Å². The second-order valence-electron chi connectivity index (χ2n) is 7.10. The minimum absolute atomic E-state index is 0.0181. The van der Waals surface area contributed by atoms with Crippen LogP contribution in [-0.2, 0) is 0 Å². The molecule has 160 valence electrons. The minimum atomic E-state index is -1.22. The van der Waals surface area contributed by atoms with Crippen LogP contribution in [0.5, 0.6) is 0 Å². The van der Waals surface area contributed by atoms with Gasteiger partial charge < -0.3 is 20.4 Å². The first-order valence-electron chi connectivity index (χ1n) is 9.08. The maximum absolute atomic E-state index is 11.0. The number of hydrogen-bond donors (Lipinski definition) is 4. The molecule has 0 bridgehead atoms. The monoisotopic (exact) mass is 416 g/mol. The van der Waals surface area contributed by atoms with Gasteiger partial charge in [-0.3, -0.25) is 0 Å². The summed E-state index contributed by atoms with van der Waals surface area (Å²) in [6.07, 6.45) is 0. The lowest BCUT2D eigenvalue weighted by Crippen LogP contribution is -2.12. The molecule has 0 heterocycles. The van der Waals surface area contributed by atoms with E-state index in [1.54, 1.807) is 18.2 Å². The lowest BCUT2D eigenvalue weighted by Gasteiger charge is -2.11. The third-order valence-electron chi connectivity index (χ3n) is 4.33. The first kappa shape index (κ1) is 24.4. The molecule has 0 saturated heterocycles. The maximum atomic E-state index is 11.0. The van der Waals surface area contributed by atoms with Crippen LogP contribution in [0.4, 0.5) is 0 Å².